The summed E-state index contributed by atoms with van der Waals surface area (Å²) >= 11 is 2.89. The van der Waals surface area contributed by atoms with Crippen molar-refractivity contribution < 1.29 is 14.4 Å². The lowest BCUT2D eigenvalue weighted by molar-refractivity contribution is -0.389. The molecule has 1 N–H and O–H groups in total. The molecule has 0 amide bonds. The van der Waals surface area contributed by atoms with Gasteiger partial charge in [-0.1, -0.05) is 13.3 Å². The number of halogens is 2. The normalized spacial score (nSPS) is 14.4. The maximum Gasteiger partial charge on any atom is 0.312 e. The molecule has 4 nitrogen and oxygen atoms in total. The van der Waals surface area contributed by atoms with Crippen molar-refractivity contribution in [2.75, 3.05) is 0 Å². The van der Waals surface area contributed by atoms with Crippen LogP contribution < -0.4 is 0 Å². The van der Waals surface area contributed by atoms with E-state index in [0.717, 1.165) is 0 Å². The molecule has 17 heavy (non-hydrogen) atoms. The largest absolute Gasteiger partial charge is 0.385 e. The monoisotopic (exact) mass is 305 g/mol. The second-order valence-electron chi connectivity index (χ2n) is 4.04. The second-order valence-corrected chi connectivity index (χ2v) is 4.89. The molecule has 0 bridgehead atoms. The predicted octanol–water partition coefficient (Wildman–Crippen LogP) is 3.50. The third kappa shape index (κ3) is 2.81. The van der Waals surface area contributed by atoms with Crippen LogP contribution in [0.15, 0.2) is 16.6 Å². The van der Waals surface area contributed by atoms with Crippen LogP contribution in [0, 0.1) is 15.9 Å². The van der Waals surface area contributed by atoms with Crippen LogP contribution in [0.25, 0.3) is 0 Å². The van der Waals surface area contributed by atoms with Gasteiger partial charge in [0, 0.05) is 0 Å². The van der Waals surface area contributed by atoms with E-state index in [0.29, 0.717) is 12.8 Å². The highest BCUT2D eigenvalue weighted by molar-refractivity contribution is 9.10. The Balaban J connectivity index is 3.44. The summed E-state index contributed by atoms with van der Waals surface area (Å²) < 4.78 is 13.7. The van der Waals surface area contributed by atoms with Gasteiger partial charge >= 0.3 is 5.69 Å². The fourth-order valence-electron chi connectivity index (χ4n) is 1.77. The molecule has 0 saturated carbocycles. The third-order valence-corrected chi connectivity index (χ3v) is 3.18. The molecule has 1 aromatic carbocycles. The molecule has 0 aliphatic rings. The highest BCUT2D eigenvalue weighted by Gasteiger charge is 2.33. The van der Waals surface area contributed by atoms with Crippen molar-refractivity contribution in [1.82, 2.24) is 0 Å². The van der Waals surface area contributed by atoms with Gasteiger partial charge in [-0.05, 0) is 41.4 Å². The topological polar surface area (TPSA) is 63.4 Å². The average Bonchev–Trinajstić information content (AvgIpc) is 2.20. The summed E-state index contributed by atoms with van der Waals surface area (Å²) in [4.78, 5) is 10.1. The lowest BCUT2D eigenvalue weighted by Crippen LogP contribution is -2.22. The van der Waals surface area contributed by atoms with Crippen LogP contribution in [0.1, 0.15) is 32.3 Å². The maximum absolute atomic E-state index is 13.7. The molecule has 1 unspecified atom stereocenters. The smallest absolute Gasteiger partial charge is 0.312 e. The van der Waals surface area contributed by atoms with Crippen LogP contribution in [0.3, 0.4) is 0 Å². The first-order valence-corrected chi connectivity index (χ1v) is 5.95. The SMILES string of the molecule is CCCC(C)(O)c1ccc(Br)c(F)c1[N+](=O)[O-]. The fraction of sp³-hybridized carbons (Fsp3) is 0.455. The van der Waals surface area contributed by atoms with Gasteiger partial charge < -0.3 is 5.11 Å². The number of aliphatic hydroxyl groups is 1. The zero-order valence-electron chi connectivity index (χ0n) is 9.54. The molecule has 6 heteroatoms. The van der Waals surface area contributed by atoms with Gasteiger partial charge in [0.25, 0.3) is 0 Å². The van der Waals surface area contributed by atoms with Crippen LogP contribution in [-0.2, 0) is 5.60 Å². The van der Waals surface area contributed by atoms with Crippen molar-refractivity contribution in [2.45, 2.75) is 32.3 Å². The Hall–Kier alpha value is -1.01. The molecule has 0 aliphatic heterocycles. The Morgan fingerprint density at radius 2 is 2.18 bits per heavy atom. The van der Waals surface area contributed by atoms with Gasteiger partial charge in [-0.2, -0.15) is 4.39 Å². The molecule has 0 aromatic heterocycles. The van der Waals surface area contributed by atoms with E-state index < -0.39 is 22.0 Å². The summed E-state index contributed by atoms with van der Waals surface area (Å²) in [5.41, 5.74) is -2.07. The van der Waals surface area contributed by atoms with E-state index in [2.05, 4.69) is 15.9 Å². The van der Waals surface area contributed by atoms with Crippen molar-refractivity contribution in [3.05, 3.63) is 38.1 Å². The van der Waals surface area contributed by atoms with E-state index in [4.69, 9.17) is 0 Å². The summed E-state index contributed by atoms with van der Waals surface area (Å²) in [6.45, 7) is 3.29. The van der Waals surface area contributed by atoms with E-state index in [1.165, 1.54) is 19.1 Å². The van der Waals surface area contributed by atoms with Crippen molar-refractivity contribution in [3.8, 4) is 0 Å². The molecular weight excluding hydrogens is 293 g/mol. The van der Waals surface area contributed by atoms with Crippen LogP contribution in [0.2, 0.25) is 0 Å². The van der Waals surface area contributed by atoms with Gasteiger partial charge in [-0.25, -0.2) is 0 Å². The quantitative estimate of drug-likeness (QED) is 0.684. The fourth-order valence-corrected chi connectivity index (χ4v) is 2.09. The van der Waals surface area contributed by atoms with Crippen LogP contribution >= 0.6 is 15.9 Å². The van der Waals surface area contributed by atoms with Gasteiger partial charge in [0.2, 0.25) is 5.82 Å². The highest BCUT2D eigenvalue weighted by Crippen LogP contribution is 2.37. The third-order valence-electron chi connectivity index (χ3n) is 2.57. The molecule has 0 saturated heterocycles. The molecule has 0 fully saturated rings. The first kappa shape index (κ1) is 14.1. The number of rotatable bonds is 4. The Bertz CT molecular complexity index is 449. The molecule has 94 valence electrons. The number of nitrogens with zero attached hydrogens (tertiary/aromatic N) is 1. The van der Waals surface area contributed by atoms with Crippen molar-refractivity contribution in [1.29, 1.82) is 0 Å². The van der Waals surface area contributed by atoms with Gasteiger partial charge in [0.05, 0.1) is 20.6 Å². The molecular formula is C11H13BrFNO3. The van der Waals surface area contributed by atoms with E-state index >= 15 is 0 Å². The highest BCUT2D eigenvalue weighted by atomic mass is 79.9. The Morgan fingerprint density at radius 3 is 2.65 bits per heavy atom. The van der Waals surface area contributed by atoms with Gasteiger partial charge in [0.15, 0.2) is 0 Å². The van der Waals surface area contributed by atoms with Crippen molar-refractivity contribution >= 4 is 21.6 Å². The number of hydrogen-bond acceptors (Lipinski definition) is 3. The van der Waals surface area contributed by atoms with Crippen LogP contribution in [0.4, 0.5) is 10.1 Å². The molecule has 0 heterocycles. The Morgan fingerprint density at radius 1 is 1.59 bits per heavy atom. The lowest BCUT2D eigenvalue weighted by Gasteiger charge is -2.23. The number of benzene rings is 1. The summed E-state index contributed by atoms with van der Waals surface area (Å²) in [6, 6.07) is 2.74. The van der Waals surface area contributed by atoms with Gasteiger partial charge in [-0.3, -0.25) is 10.1 Å². The van der Waals surface area contributed by atoms with Gasteiger partial charge in [0.1, 0.15) is 0 Å². The number of nitro benzene ring substituents is 1. The molecule has 1 atom stereocenters. The predicted molar refractivity (Wildman–Crippen MR) is 65.2 cm³/mol. The average molecular weight is 306 g/mol. The lowest BCUT2D eigenvalue weighted by atomic mass is 9.90. The molecule has 1 aromatic rings. The summed E-state index contributed by atoms with van der Waals surface area (Å²) in [5, 5.41) is 21.0. The van der Waals surface area contributed by atoms with E-state index in [-0.39, 0.29) is 10.0 Å². The number of nitro groups is 1. The van der Waals surface area contributed by atoms with E-state index in [1.807, 2.05) is 6.92 Å². The molecule has 0 spiro atoms. The summed E-state index contributed by atoms with van der Waals surface area (Å²) in [6.07, 6.45) is 0.969. The molecule has 0 radical (unpaired) electrons. The van der Waals surface area contributed by atoms with E-state index in [9.17, 15) is 19.6 Å². The Labute approximate surface area is 107 Å². The summed E-state index contributed by atoms with van der Waals surface area (Å²) in [5.74, 6) is -0.955. The minimum Gasteiger partial charge on any atom is -0.385 e. The number of hydrogen-bond donors (Lipinski definition) is 1. The van der Waals surface area contributed by atoms with Crippen molar-refractivity contribution in [3.63, 3.8) is 0 Å². The zero-order chi connectivity index (χ0) is 13.2. The van der Waals surface area contributed by atoms with E-state index in [1.54, 1.807) is 0 Å². The minimum absolute atomic E-state index is 0.00468. The first-order chi connectivity index (χ1) is 7.81. The summed E-state index contributed by atoms with van der Waals surface area (Å²) in [7, 11) is 0. The Kier molecular flexibility index (Phi) is 4.21. The molecule has 1 rings (SSSR count). The van der Waals surface area contributed by atoms with Crippen LogP contribution in [0.5, 0.6) is 0 Å². The standard InChI is InChI=1S/C11H13BrFNO3/c1-3-6-11(2,15)7-4-5-8(12)9(13)10(7)14(16)17/h4-5,15H,3,6H2,1-2H3. The zero-order valence-corrected chi connectivity index (χ0v) is 11.1. The van der Waals surface area contributed by atoms with Crippen LogP contribution in [-0.4, -0.2) is 10.0 Å². The maximum atomic E-state index is 13.7. The van der Waals surface area contributed by atoms with Crippen molar-refractivity contribution in [2.24, 2.45) is 0 Å². The molecule has 0 aliphatic carbocycles. The minimum atomic E-state index is -1.40. The van der Waals surface area contributed by atoms with Gasteiger partial charge in [-0.15, -0.1) is 0 Å². The first-order valence-electron chi connectivity index (χ1n) is 5.16. The second kappa shape index (κ2) is 5.10.